The molecular formula is C73H138O6. The number of hydrogen-bond acceptors (Lipinski definition) is 6. The summed E-state index contributed by atoms with van der Waals surface area (Å²) in [5.74, 6) is -0.828. The third kappa shape index (κ3) is 66.6. The van der Waals surface area contributed by atoms with E-state index in [4.69, 9.17) is 14.2 Å². The van der Waals surface area contributed by atoms with Crippen molar-refractivity contribution >= 4 is 17.9 Å². The van der Waals surface area contributed by atoms with Crippen molar-refractivity contribution in [2.75, 3.05) is 13.2 Å². The monoisotopic (exact) mass is 1110 g/mol. The Morgan fingerprint density at radius 1 is 0.253 bits per heavy atom. The maximum Gasteiger partial charge on any atom is 0.306 e. The second kappa shape index (κ2) is 68.4. The largest absolute Gasteiger partial charge is 0.462 e. The number of hydrogen-bond donors (Lipinski definition) is 0. The molecule has 0 bridgehead atoms. The molecule has 0 saturated heterocycles. The predicted octanol–water partition coefficient (Wildman–Crippen LogP) is 24.6. The van der Waals surface area contributed by atoms with E-state index in [1.54, 1.807) is 0 Å². The van der Waals surface area contributed by atoms with Crippen LogP contribution in [0.1, 0.15) is 406 Å². The zero-order chi connectivity index (χ0) is 57.1. The molecule has 0 aromatic heterocycles. The van der Waals surface area contributed by atoms with Crippen molar-refractivity contribution in [3.63, 3.8) is 0 Å². The first-order valence-corrected chi connectivity index (χ1v) is 35.8. The quantitative estimate of drug-likeness (QED) is 0.0261. The number of rotatable bonds is 67. The maximum absolute atomic E-state index is 13.0. The Balaban J connectivity index is 4.27. The van der Waals surface area contributed by atoms with Crippen LogP contribution in [0.25, 0.3) is 0 Å². The number of esters is 3. The molecule has 0 heterocycles. The summed E-state index contributed by atoms with van der Waals surface area (Å²) in [7, 11) is 0. The highest BCUT2D eigenvalue weighted by Gasteiger charge is 2.19. The minimum atomic E-state index is -0.768. The number of carbonyl (C=O) groups is 3. The summed E-state index contributed by atoms with van der Waals surface area (Å²) in [5, 5.41) is 0. The molecule has 0 rings (SSSR count). The Hall–Kier alpha value is -2.11. The molecule has 0 aliphatic heterocycles. The highest BCUT2D eigenvalue weighted by Crippen LogP contribution is 2.19. The first-order chi connectivity index (χ1) is 39.0. The van der Waals surface area contributed by atoms with Crippen LogP contribution >= 0.6 is 0 Å². The van der Waals surface area contributed by atoms with Crippen LogP contribution in [-0.2, 0) is 28.6 Å². The summed E-state index contributed by atoms with van der Waals surface area (Å²) in [4.78, 5) is 38.5. The van der Waals surface area contributed by atoms with Gasteiger partial charge >= 0.3 is 17.9 Å². The van der Waals surface area contributed by atoms with Crippen molar-refractivity contribution in [1.29, 1.82) is 0 Å². The lowest BCUT2D eigenvalue weighted by atomic mass is 10.0. The molecule has 0 aromatic carbocycles. The second-order valence-electron chi connectivity index (χ2n) is 24.5. The van der Waals surface area contributed by atoms with E-state index in [0.717, 1.165) is 64.2 Å². The minimum absolute atomic E-state index is 0.0638. The number of unbranched alkanes of at least 4 members (excludes halogenated alkanes) is 52. The highest BCUT2D eigenvalue weighted by atomic mass is 16.6. The van der Waals surface area contributed by atoms with Gasteiger partial charge < -0.3 is 14.2 Å². The van der Waals surface area contributed by atoms with Gasteiger partial charge in [-0.2, -0.15) is 0 Å². The highest BCUT2D eigenvalue weighted by molar-refractivity contribution is 5.71. The average molecular weight is 1110 g/mol. The van der Waals surface area contributed by atoms with Gasteiger partial charge in [-0.1, -0.05) is 360 Å². The van der Waals surface area contributed by atoms with E-state index in [2.05, 4.69) is 45.1 Å². The van der Waals surface area contributed by atoms with E-state index >= 15 is 0 Å². The summed E-state index contributed by atoms with van der Waals surface area (Å²) < 4.78 is 17.0. The van der Waals surface area contributed by atoms with Crippen molar-refractivity contribution in [2.45, 2.75) is 412 Å². The zero-order valence-corrected chi connectivity index (χ0v) is 53.7. The molecule has 1 atom stereocenters. The Morgan fingerprint density at radius 2 is 0.456 bits per heavy atom. The normalized spacial score (nSPS) is 12.1. The standard InChI is InChI=1S/C73H138O6/c1-4-7-10-13-16-19-22-25-28-31-34-35-36-37-38-39-40-43-45-48-51-54-57-60-63-66-72(75)78-69-70(79-73(76)67-64-61-58-55-52-49-46-42-33-30-27-24-21-18-15-12-9-6-3)68-77-71(74)65-62-59-56-53-50-47-44-41-32-29-26-23-20-17-14-11-8-5-2/h22,25,31,34,70H,4-21,23-24,26-30,32-33,35-69H2,1-3H3/b25-22-,34-31-. The number of allylic oxidation sites excluding steroid dienone is 4. The third-order valence-electron chi connectivity index (χ3n) is 16.5. The van der Waals surface area contributed by atoms with E-state index in [1.807, 2.05) is 0 Å². The molecule has 1 unspecified atom stereocenters. The van der Waals surface area contributed by atoms with E-state index in [-0.39, 0.29) is 31.1 Å². The molecule has 0 amide bonds. The lowest BCUT2D eigenvalue weighted by Gasteiger charge is -2.18. The first-order valence-electron chi connectivity index (χ1n) is 35.8. The molecule has 0 saturated carbocycles. The molecule has 0 aliphatic rings. The summed E-state index contributed by atoms with van der Waals surface area (Å²) in [6.07, 6.45) is 83.4. The smallest absolute Gasteiger partial charge is 0.306 e. The van der Waals surface area contributed by atoms with E-state index in [0.29, 0.717) is 19.3 Å². The van der Waals surface area contributed by atoms with Gasteiger partial charge in [0.15, 0.2) is 6.10 Å². The fourth-order valence-electron chi connectivity index (χ4n) is 11.1. The molecule has 0 aliphatic carbocycles. The summed E-state index contributed by atoms with van der Waals surface area (Å²) in [6, 6.07) is 0. The topological polar surface area (TPSA) is 78.9 Å². The molecule has 0 radical (unpaired) electrons. The second-order valence-corrected chi connectivity index (χ2v) is 24.5. The predicted molar refractivity (Wildman–Crippen MR) is 344 cm³/mol. The first kappa shape index (κ1) is 76.9. The fraction of sp³-hybridized carbons (Fsp3) is 0.904. The van der Waals surface area contributed by atoms with Crippen LogP contribution in [0.15, 0.2) is 24.3 Å². The molecule has 0 spiro atoms. The van der Waals surface area contributed by atoms with Crippen LogP contribution in [0.5, 0.6) is 0 Å². The minimum Gasteiger partial charge on any atom is -0.462 e. The van der Waals surface area contributed by atoms with Crippen LogP contribution < -0.4 is 0 Å². The summed E-state index contributed by atoms with van der Waals surface area (Å²) in [6.45, 7) is 6.72. The molecule has 6 nitrogen and oxygen atoms in total. The lowest BCUT2D eigenvalue weighted by Crippen LogP contribution is -2.30. The molecule has 6 heteroatoms. The molecule has 0 aromatic rings. The van der Waals surface area contributed by atoms with Crippen molar-refractivity contribution in [3.05, 3.63) is 24.3 Å². The molecule has 79 heavy (non-hydrogen) atoms. The van der Waals surface area contributed by atoms with Gasteiger partial charge in [-0.25, -0.2) is 0 Å². The van der Waals surface area contributed by atoms with E-state index in [1.165, 1.54) is 302 Å². The van der Waals surface area contributed by atoms with Crippen LogP contribution in [0.4, 0.5) is 0 Å². The van der Waals surface area contributed by atoms with E-state index < -0.39 is 6.10 Å². The van der Waals surface area contributed by atoms with Crippen molar-refractivity contribution < 1.29 is 28.6 Å². The van der Waals surface area contributed by atoms with Gasteiger partial charge in [0, 0.05) is 19.3 Å². The van der Waals surface area contributed by atoms with Gasteiger partial charge in [-0.3, -0.25) is 14.4 Å². The molecule has 0 fully saturated rings. The zero-order valence-electron chi connectivity index (χ0n) is 53.7. The Morgan fingerprint density at radius 3 is 0.696 bits per heavy atom. The fourth-order valence-corrected chi connectivity index (χ4v) is 11.1. The molecule has 0 N–H and O–H groups in total. The van der Waals surface area contributed by atoms with Crippen LogP contribution in [-0.4, -0.2) is 37.2 Å². The van der Waals surface area contributed by atoms with Crippen molar-refractivity contribution in [1.82, 2.24) is 0 Å². The van der Waals surface area contributed by atoms with Gasteiger partial charge in [0.2, 0.25) is 0 Å². The third-order valence-corrected chi connectivity index (χ3v) is 16.5. The van der Waals surface area contributed by atoms with Gasteiger partial charge in [0.25, 0.3) is 0 Å². The van der Waals surface area contributed by atoms with Gasteiger partial charge in [-0.05, 0) is 51.4 Å². The van der Waals surface area contributed by atoms with Gasteiger partial charge in [0.1, 0.15) is 13.2 Å². The van der Waals surface area contributed by atoms with Crippen LogP contribution in [0, 0.1) is 0 Å². The maximum atomic E-state index is 13.0. The number of ether oxygens (including phenoxy) is 3. The van der Waals surface area contributed by atoms with Gasteiger partial charge in [0.05, 0.1) is 0 Å². The summed E-state index contributed by atoms with van der Waals surface area (Å²) >= 11 is 0. The summed E-state index contributed by atoms with van der Waals surface area (Å²) in [5.41, 5.74) is 0. The Kier molecular flexibility index (Phi) is 66.6. The lowest BCUT2D eigenvalue weighted by molar-refractivity contribution is -0.167. The van der Waals surface area contributed by atoms with Crippen molar-refractivity contribution in [3.8, 4) is 0 Å². The Bertz CT molecular complexity index is 1270. The van der Waals surface area contributed by atoms with Crippen LogP contribution in [0.2, 0.25) is 0 Å². The van der Waals surface area contributed by atoms with E-state index in [9.17, 15) is 14.4 Å². The molecule has 466 valence electrons. The SMILES string of the molecule is CCCCCCC/C=C\C/C=C\CCCCCCCCCCCCCCCC(=O)OCC(COC(=O)CCCCCCCCCCCCCCCCCCCC)OC(=O)CCCCCCCCCCCCCCCCCCCC. The van der Waals surface area contributed by atoms with Gasteiger partial charge in [-0.15, -0.1) is 0 Å². The molecular weight excluding hydrogens is 973 g/mol. The van der Waals surface area contributed by atoms with Crippen molar-refractivity contribution in [2.24, 2.45) is 0 Å². The average Bonchev–Trinajstić information content (AvgIpc) is 3.45. The number of carbonyl (C=O) groups excluding carboxylic acids is 3. The Labute approximate surface area is 493 Å². The van der Waals surface area contributed by atoms with Crippen LogP contribution in [0.3, 0.4) is 0 Å².